The Labute approximate surface area is 152 Å². The van der Waals surface area contributed by atoms with Gasteiger partial charge < -0.3 is 21.3 Å². The first-order chi connectivity index (χ1) is 12.3. The number of urea groups is 1. The zero-order chi connectivity index (χ0) is 19.1. The van der Waals surface area contributed by atoms with Gasteiger partial charge in [0.15, 0.2) is 0 Å². The predicted octanol–water partition coefficient (Wildman–Crippen LogP) is 3.43. The number of hydrogen-bond acceptors (Lipinski definition) is 3. The van der Waals surface area contributed by atoms with Gasteiger partial charge in [0, 0.05) is 24.3 Å². The van der Waals surface area contributed by atoms with E-state index in [1.54, 1.807) is 48.5 Å². The van der Waals surface area contributed by atoms with E-state index in [9.17, 15) is 14.4 Å². The van der Waals surface area contributed by atoms with Crippen molar-refractivity contribution in [1.29, 1.82) is 0 Å². The molecule has 0 fully saturated rings. The summed E-state index contributed by atoms with van der Waals surface area (Å²) in [6, 6.07) is 13.1. The number of anilines is 3. The molecule has 0 saturated heterocycles. The van der Waals surface area contributed by atoms with Crippen LogP contribution in [0.2, 0.25) is 0 Å². The number of carbonyl (C=O) groups excluding carboxylic acids is 3. The second-order valence-electron chi connectivity index (χ2n) is 6.01. The second-order valence-corrected chi connectivity index (χ2v) is 6.01. The van der Waals surface area contributed by atoms with E-state index in [2.05, 4.69) is 21.3 Å². The molecule has 4 N–H and O–H groups in total. The molecule has 7 heteroatoms. The zero-order valence-corrected chi connectivity index (χ0v) is 14.9. The van der Waals surface area contributed by atoms with Crippen LogP contribution >= 0.6 is 0 Å². The first-order valence-electron chi connectivity index (χ1n) is 8.20. The third-order valence-electron chi connectivity index (χ3n) is 3.30. The monoisotopic (exact) mass is 354 g/mol. The van der Waals surface area contributed by atoms with Gasteiger partial charge in [-0.05, 0) is 50.2 Å². The van der Waals surface area contributed by atoms with Crippen LogP contribution in [0.1, 0.15) is 31.1 Å². The van der Waals surface area contributed by atoms with Crippen molar-refractivity contribution in [2.45, 2.75) is 26.8 Å². The van der Waals surface area contributed by atoms with Crippen molar-refractivity contribution in [3.8, 4) is 0 Å². The standard InChI is InChI=1S/C19H22N4O3/c1-12(2)20-19(26)23-17-7-5-4-6-16(17)18(25)22-15-10-8-14(9-11-15)21-13(3)24/h4-12H,1-3H3,(H,21,24)(H,22,25)(H2,20,23,26). The highest BCUT2D eigenvalue weighted by molar-refractivity contribution is 6.10. The van der Waals surface area contributed by atoms with Crippen molar-refractivity contribution in [3.05, 3.63) is 54.1 Å². The minimum atomic E-state index is -0.375. The summed E-state index contributed by atoms with van der Waals surface area (Å²) in [6.07, 6.45) is 0. The first kappa shape index (κ1) is 19.0. The molecule has 136 valence electrons. The predicted molar refractivity (Wildman–Crippen MR) is 102 cm³/mol. The number of nitrogens with one attached hydrogen (secondary N) is 4. The molecule has 0 aliphatic rings. The quantitative estimate of drug-likeness (QED) is 0.662. The smallest absolute Gasteiger partial charge is 0.319 e. The van der Waals surface area contributed by atoms with Crippen LogP contribution in [0.25, 0.3) is 0 Å². The van der Waals surface area contributed by atoms with E-state index in [0.29, 0.717) is 22.6 Å². The molecule has 0 heterocycles. The van der Waals surface area contributed by atoms with Crippen LogP contribution in [0.15, 0.2) is 48.5 Å². The Balaban J connectivity index is 2.09. The van der Waals surface area contributed by atoms with Crippen molar-refractivity contribution in [3.63, 3.8) is 0 Å². The number of hydrogen-bond donors (Lipinski definition) is 4. The Morgan fingerprint density at radius 3 is 1.96 bits per heavy atom. The fourth-order valence-corrected chi connectivity index (χ4v) is 2.25. The van der Waals surface area contributed by atoms with Crippen molar-refractivity contribution < 1.29 is 14.4 Å². The molecule has 0 spiro atoms. The third kappa shape index (κ3) is 5.62. The van der Waals surface area contributed by atoms with Gasteiger partial charge in [-0.25, -0.2) is 4.79 Å². The molecule has 0 atom stereocenters. The molecule has 2 rings (SSSR count). The minimum absolute atomic E-state index is 0.0156. The zero-order valence-electron chi connectivity index (χ0n) is 14.9. The van der Waals surface area contributed by atoms with Gasteiger partial charge in [0.1, 0.15) is 0 Å². The average molecular weight is 354 g/mol. The maximum Gasteiger partial charge on any atom is 0.319 e. The van der Waals surface area contributed by atoms with Gasteiger partial charge in [-0.3, -0.25) is 9.59 Å². The Morgan fingerprint density at radius 2 is 1.38 bits per heavy atom. The summed E-state index contributed by atoms with van der Waals surface area (Å²) in [5.74, 6) is -0.515. The molecule has 7 nitrogen and oxygen atoms in total. The van der Waals surface area contributed by atoms with Crippen LogP contribution in [0.3, 0.4) is 0 Å². The first-order valence-corrected chi connectivity index (χ1v) is 8.20. The summed E-state index contributed by atoms with van der Waals surface area (Å²) < 4.78 is 0. The van der Waals surface area contributed by atoms with Gasteiger partial charge in [0.25, 0.3) is 5.91 Å². The maximum atomic E-state index is 12.5. The molecule has 0 unspecified atom stereocenters. The fraction of sp³-hybridized carbons (Fsp3) is 0.211. The van der Waals surface area contributed by atoms with Gasteiger partial charge >= 0.3 is 6.03 Å². The van der Waals surface area contributed by atoms with E-state index in [-0.39, 0.29) is 23.9 Å². The van der Waals surface area contributed by atoms with Crippen molar-refractivity contribution in [2.24, 2.45) is 0 Å². The average Bonchev–Trinajstić information content (AvgIpc) is 2.55. The van der Waals surface area contributed by atoms with E-state index in [1.807, 2.05) is 13.8 Å². The van der Waals surface area contributed by atoms with E-state index >= 15 is 0 Å². The van der Waals surface area contributed by atoms with Crippen LogP contribution in [0, 0.1) is 0 Å². The highest BCUT2D eigenvalue weighted by Gasteiger charge is 2.13. The summed E-state index contributed by atoms with van der Waals surface area (Å²) in [4.78, 5) is 35.5. The number of amides is 4. The lowest BCUT2D eigenvalue weighted by molar-refractivity contribution is -0.114. The molecule has 0 aromatic heterocycles. The Hall–Kier alpha value is -3.35. The number of para-hydroxylation sites is 1. The molecule has 2 aromatic rings. The number of rotatable bonds is 5. The Bertz CT molecular complexity index is 801. The molecule has 0 aliphatic carbocycles. The van der Waals surface area contributed by atoms with Gasteiger partial charge in [-0.2, -0.15) is 0 Å². The van der Waals surface area contributed by atoms with E-state index in [4.69, 9.17) is 0 Å². The number of benzene rings is 2. The van der Waals surface area contributed by atoms with Crippen LogP contribution in [0.4, 0.5) is 21.9 Å². The van der Waals surface area contributed by atoms with E-state index < -0.39 is 0 Å². The fourth-order valence-electron chi connectivity index (χ4n) is 2.25. The molecule has 0 bridgehead atoms. The Morgan fingerprint density at radius 1 is 0.808 bits per heavy atom. The molecular formula is C19H22N4O3. The topological polar surface area (TPSA) is 99.3 Å². The third-order valence-corrected chi connectivity index (χ3v) is 3.30. The van der Waals surface area contributed by atoms with Crippen LogP contribution in [-0.2, 0) is 4.79 Å². The van der Waals surface area contributed by atoms with Gasteiger partial charge in [-0.1, -0.05) is 12.1 Å². The summed E-state index contributed by atoms with van der Waals surface area (Å²) in [5, 5.41) is 10.8. The summed E-state index contributed by atoms with van der Waals surface area (Å²) in [5.41, 5.74) is 1.98. The number of carbonyl (C=O) groups is 3. The van der Waals surface area contributed by atoms with E-state index in [0.717, 1.165) is 0 Å². The highest BCUT2D eigenvalue weighted by Crippen LogP contribution is 2.19. The van der Waals surface area contributed by atoms with Gasteiger partial charge in [0.05, 0.1) is 11.3 Å². The lowest BCUT2D eigenvalue weighted by Gasteiger charge is -2.13. The molecule has 0 aliphatic heterocycles. The van der Waals surface area contributed by atoms with Crippen molar-refractivity contribution >= 4 is 34.9 Å². The lowest BCUT2D eigenvalue weighted by Crippen LogP contribution is -2.34. The molecule has 2 aromatic carbocycles. The molecule has 4 amide bonds. The lowest BCUT2D eigenvalue weighted by atomic mass is 10.1. The molecule has 26 heavy (non-hydrogen) atoms. The van der Waals surface area contributed by atoms with Gasteiger partial charge in [0.2, 0.25) is 5.91 Å². The highest BCUT2D eigenvalue weighted by atomic mass is 16.2. The van der Waals surface area contributed by atoms with Crippen molar-refractivity contribution in [1.82, 2.24) is 5.32 Å². The van der Waals surface area contributed by atoms with E-state index in [1.165, 1.54) is 6.92 Å². The largest absolute Gasteiger partial charge is 0.336 e. The van der Waals surface area contributed by atoms with Crippen LogP contribution in [-0.4, -0.2) is 23.9 Å². The van der Waals surface area contributed by atoms with Crippen LogP contribution in [0.5, 0.6) is 0 Å². The van der Waals surface area contributed by atoms with Crippen LogP contribution < -0.4 is 21.3 Å². The van der Waals surface area contributed by atoms with Crippen molar-refractivity contribution in [2.75, 3.05) is 16.0 Å². The molecular weight excluding hydrogens is 332 g/mol. The molecule has 0 radical (unpaired) electrons. The summed E-state index contributed by atoms with van der Waals surface area (Å²) >= 11 is 0. The SMILES string of the molecule is CC(=O)Nc1ccc(NC(=O)c2ccccc2NC(=O)NC(C)C)cc1. The maximum absolute atomic E-state index is 12.5. The molecule has 0 saturated carbocycles. The van der Waals surface area contributed by atoms with Gasteiger partial charge in [-0.15, -0.1) is 0 Å². The summed E-state index contributed by atoms with van der Waals surface area (Å²) in [7, 11) is 0. The second kappa shape index (κ2) is 8.66. The minimum Gasteiger partial charge on any atom is -0.336 e. The Kier molecular flexibility index (Phi) is 6.32. The summed E-state index contributed by atoms with van der Waals surface area (Å²) in [6.45, 7) is 5.13. The normalized spacial score (nSPS) is 10.2.